The Labute approximate surface area is 124 Å². The first-order valence-electron chi connectivity index (χ1n) is 6.31. The lowest BCUT2D eigenvalue weighted by Gasteiger charge is -2.20. The van der Waals surface area contributed by atoms with Gasteiger partial charge in [-0.25, -0.2) is 13.1 Å². The lowest BCUT2D eigenvalue weighted by molar-refractivity contribution is -0.384. The minimum atomic E-state index is -3.74. The Balaban J connectivity index is 3.05. The molecule has 0 aromatic heterocycles. The SMILES string of the molecule is CNc1cc([N+](=O)[O-])ccc1S(=O)(=O)NCC(C)N(C)C. The van der Waals surface area contributed by atoms with E-state index in [0.717, 1.165) is 0 Å². The van der Waals surface area contributed by atoms with Gasteiger partial charge in [0.15, 0.2) is 0 Å². The predicted octanol–water partition coefficient (Wildman–Crippen LogP) is 0.865. The number of nitrogens with zero attached hydrogens (tertiary/aromatic N) is 2. The number of nitrogens with one attached hydrogen (secondary N) is 2. The second-order valence-corrected chi connectivity index (χ2v) is 6.59. The van der Waals surface area contributed by atoms with E-state index >= 15 is 0 Å². The molecule has 0 radical (unpaired) electrons. The number of hydrogen-bond acceptors (Lipinski definition) is 6. The second kappa shape index (κ2) is 6.83. The topological polar surface area (TPSA) is 105 Å². The van der Waals surface area contributed by atoms with E-state index in [1.165, 1.54) is 25.2 Å². The van der Waals surface area contributed by atoms with Crippen molar-refractivity contribution in [1.29, 1.82) is 0 Å². The highest BCUT2D eigenvalue weighted by molar-refractivity contribution is 7.89. The highest BCUT2D eigenvalue weighted by atomic mass is 32.2. The molecule has 0 fully saturated rings. The van der Waals surface area contributed by atoms with Crippen LogP contribution in [0.25, 0.3) is 0 Å². The molecule has 1 aromatic carbocycles. The first-order chi connectivity index (χ1) is 9.69. The van der Waals surface area contributed by atoms with Crippen LogP contribution < -0.4 is 10.0 Å². The minimum Gasteiger partial charge on any atom is -0.387 e. The molecule has 2 N–H and O–H groups in total. The van der Waals surface area contributed by atoms with Crippen molar-refractivity contribution in [2.45, 2.75) is 17.9 Å². The van der Waals surface area contributed by atoms with E-state index in [-0.39, 0.29) is 28.9 Å². The Morgan fingerprint density at radius 1 is 1.38 bits per heavy atom. The highest BCUT2D eigenvalue weighted by Gasteiger charge is 2.21. The van der Waals surface area contributed by atoms with Crippen LogP contribution in [0.4, 0.5) is 11.4 Å². The summed E-state index contributed by atoms with van der Waals surface area (Å²) in [7, 11) is 1.48. The summed E-state index contributed by atoms with van der Waals surface area (Å²) in [6.45, 7) is 2.13. The van der Waals surface area contributed by atoms with Crippen molar-refractivity contribution >= 4 is 21.4 Å². The first kappa shape index (κ1) is 17.3. The number of non-ortho nitro benzene ring substituents is 1. The molecule has 1 aromatic rings. The van der Waals surface area contributed by atoms with Gasteiger partial charge in [-0.05, 0) is 27.1 Å². The fourth-order valence-corrected chi connectivity index (χ4v) is 2.87. The standard InChI is InChI=1S/C12H20N4O4S/c1-9(15(3)4)8-14-21(19,20)12-6-5-10(16(17)18)7-11(12)13-2/h5-7,9,13-14H,8H2,1-4H3. The smallest absolute Gasteiger partial charge is 0.271 e. The molecule has 1 unspecified atom stereocenters. The Morgan fingerprint density at radius 2 is 2.00 bits per heavy atom. The van der Waals surface area contributed by atoms with Crippen LogP contribution in [0.1, 0.15) is 6.92 Å². The summed E-state index contributed by atoms with van der Waals surface area (Å²) >= 11 is 0. The first-order valence-corrected chi connectivity index (χ1v) is 7.79. The van der Waals surface area contributed by atoms with Crippen LogP contribution >= 0.6 is 0 Å². The lowest BCUT2D eigenvalue weighted by atomic mass is 10.3. The van der Waals surface area contributed by atoms with E-state index in [0.29, 0.717) is 0 Å². The van der Waals surface area contributed by atoms with E-state index in [1.807, 2.05) is 25.9 Å². The van der Waals surface area contributed by atoms with Crippen LogP contribution in [0.3, 0.4) is 0 Å². The van der Waals surface area contributed by atoms with Crippen molar-refractivity contribution in [3.63, 3.8) is 0 Å². The lowest BCUT2D eigenvalue weighted by Crippen LogP contribution is -2.38. The third kappa shape index (κ3) is 4.38. The van der Waals surface area contributed by atoms with E-state index in [1.54, 1.807) is 0 Å². The maximum Gasteiger partial charge on any atom is 0.271 e. The Morgan fingerprint density at radius 3 is 2.48 bits per heavy atom. The molecule has 1 rings (SSSR count). The van der Waals surface area contributed by atoms with E-state index in [2.05, 4.69) is 10.0 Å². The summed E-state index contributed by atoms with van der Waals surface area (Å²) < 4.78 is 27.1. The van der Waals surface area contributed by atoms with E-state index < -0.39 is 14.9 Å². The van der Waals surface area contributed by atoms with Crippen molar-refractivity contribution in [2.24, 2.45) is 0 Å². The minimum absolute atomic E-state index is 0.0124. The zero-order chi connectivity index (χ0) is 16.2. The van der Waals surface area contributed by atoms with Crippen molar-refractivity contribution in [1.82, 2.24) is 9.62 Å². The molecule has 0 aliphatic heterocycles. The number of hydrogen-bond donors (Lipinski definition) is 2. The third-order valence-electron chi connectivity index (χ3n) is 3.18. The van der Waals surface area contributed by atoms with Gasteiger partial charge in [-0.3, -0.25) is 10.1 Å². The van der Waals surface area contributed by atoms with Gasteiger partial charge >= 0.3 is 0 Å². The number of rotatable bonds is 7. The summed E-state index contributed by atoms with van der Waals surface area (Å²) in [5.74, 6) is 0. The molecule has 0 bridgehead atoms. The molecule has 0 spiro atoms. The molecular weight excluding hydrogens is 296 g/mol. The van der Waals surface area contributed by atoms with Crippen molar-refractivity contribution < 1.29 is 13.3 Å². The molecule has 0 aliphatic rings. The fourth-order valence-electron chi connectivity index (χ4n) is 1.55. The van der Waals surface area contributed by atoms with Crippen LogP contribution in [0.2, 0.25) is 0 Å². The molecule has 0 saturated carbocycles. The van der Waals surface area contributed by atoms with Gasteiger partial charge in [-0.15, -0.1) is 0 Å². The normalized spacial score (nSPS) is 13.2. The zero-order valence-corrected chi connectivity index (χ0v) is 13.3. The summed E-state index contributed by atoms with van der Waals surface area (Å²) in [6.07, 6.45) is 0. The van der Waals surface area contributed by atoms with Gasteiger partial charge in [0.1, 0.15) is 4.90 Å². The van der Waals surface area contributed by atoms with Gasteiger partial charge in [-0.2, -0.15) is 0 Å². The van der Waals surface area contributed by atoms with Crippen LogP contribution in [-0.2, 0) is 10.0 Å². The average Bonchev–Trinajstić information content (AvgIpc) is 2.43. The Kier molecular flexibility index (Phi) is 5.64. The van der Waals surface area contributed by atoms with Crippen LogP contribution in [0, 0.1) is 10.1 Å². The highest BCUT2D eigenvalue weighted by Crippen LogP contribution is 2.25. The summed E-state index contributed by atoms with van der Waals surface area (Å²) in [5.41, 5.74) is 0.0224. The number of anilines is 1. The summed E-state index contributed by atoms with van der Waals surface area (Å²) in [4.78, 5) is 12.0. The largest absolute Gasteiger partial charge is 0.387 e. The quantitative estimate of drug-likeness (QED) is 0.571. The molecule has 118 valence electrons. The third-order valence-corrected chi connectivity index (χ3v) is 4.66. The maximum absolute atomic E-state index is 12.3. The molecule has 9 heteroatoms. The van der Waals surface area contributed by atoms with E-state index in [9.17, 15) is 18.5 Å². The van der Waals surface area contributed by atoms with Gasteiger partial charge in [-0.1, -0.05) is 0 Å². The predicted molar refractivity (Wildman–Crippen MR) is 81.0 cm³/mol. The number of nitro groups is 1. The Bertz CT molecular complexity index is 616. The maximum atomic E-state index is 12.3. The van der Waals surface area contributed by atoms with Crippen LogP contribution in [-0.4, -0.2) is 52.0 Å². The summed E-state index contributed by atoms with van der Waals surface area (Å²) in [5, 5.41) is 13.4. The molecule has 0 amide bonds. The van der Waals surface area contributed by atoms with Gasteiger partial charge in [0.05, 0.1) is 10.6 Å². The number of nitro benzene ring substituents is 1. The van der Waals surface area contributed by atoms with Gasteiger partial charge in [0.2, 0.25) is 10.0 Å². The number of benzene rings is 1. The molecule has 21 heavy (non-hydrogen) atoms. The molecule has 1 atom stereocenters. The van der Waals surface area contributed by atoms with Crippen molar-refractivity contribution in [2.75, 3.05) is 33.0 Å². The van der Waals surface area contributed by atoms with Crippen LogP contribution in [0.15, 0.2) is 23.1 Å². The van der Waals surface area contributed by atoms with Gasteiger partial charge in [0, 0.05) is 31.8 Å². The molecule has 8 nitrogen and oxygen atoms in total. The Hall–Kier alpha value is -1.71. The average molecular weight is 316 g/mol. The fraction of sp³-hybridized carbons (Fsp3) is 0.500. The van der Waals surface area contributed by atoms with Crippen LogP contribution in [0.5, 0.6) is 0 Å². The number of sulfonamides is 1. The molecule has 0 heterocycles. The summed E-state index contributed by atoms with van der Waals surface area (Å²) in [6, 6.07) is 3.62. The molecule has 0 aliphatic carbocycles. The van der Waals surface area contributed by atoms with Crippen molar-refractivity contribution in [3.8, 4) is 0 Å². The monoisotopic (exact) mass is 316 g/mol. The zero-order valence-electron chi connectivity index (χ0n) is 12.5. The van der Waals surface area contributed by atoms with Gasteiger partial charge < -0.3 is 10.2 Å². The molecular formula is C12H20N4O4S. The number of likely N-dealkylation sites (N-methyl/N-ethyl adjacent to an activating group) is 1. The second-order valence-electron chi connectivity index (χ2n) is 4.85. The van der Waals surface area contributed by atoms with Crippen molar-refractivity contribution in [3.05, 3.63) is 28.3 Å². The molecule has 0 saturated heterocycles. The van der Waals surface area contributed by atoms with E-state index in [4.69, 9.17) is 0 Å². The van der Waals surface area contributed by atoms with Gasteiger partial charge in [0.25, 0.3) is 5.69 Å².